The van der Waals surface area contributed by atoms with E-state index in [1.165, 1.54) is 5.69 Å². The van der Waals surface area contributed by atoms with Gasteiger partial charge in [0.25, 0.3) is 0 Å². The van der Waals surface area contributed by atoms with Crippen LogP contribution in [0.3, 0.4) is 0 Å². The van der Waals surface area contributed by atoms with Crippen LogP contribution in [-0.2, 0) is 6.54 Å². The van der Waals surface area contributed by atoms with Crippen LogP contribution >= 0.6 is 24.0 Å². The second-order valence-electron chi connectivity index (χ2n) is 6.73. The van der Waals surface area contributed by atoms with E-state index in [4.69, 9.17) is 14.2 Å². The number of hydrogen-bond donors (Lipinski definition) is 1. The summed E-state index contributed by atoms with van der Waals surface area (Å²) < 4.78 is 16.3. The summed E-state index contributed by atoms with van der Waals surface area (Å²) in [7, 11) is 6.83. The molecule has 1 aliphatic heterocycles. The molecule has 0 unspecified atom stereocenters. The number of hydrogen-bond acceptors (Lipinski definition) is 5. The number of aliphatic imine (C=N–C) groups is 1. The molecule has 2 aromatic carbocycles. The lowest BCUT2D eigenvalue weighted by Gasteiger charge is -2.37. The van der Waals surface area contributed by atoms with Crippen LogP contribution in [0.15, 0.2) is 47.5 Å². The van der Waals surface area contributed by atoms with E-state index in [2.05, 4.69) is 32.2 Å². The summed E-state index contributed by atoms with van der Waals surface area (Å²) in [5.74, 6) is 3.25. The highest BCUT2D eigenvalue weighted by Crippen LogP contribution is 2.30. The van der Waals surface area contributed by atoms with E-state index in [-0.39, 0.29) is 24.0 Å². The summed E-state index contributed by atoms with van der Waals surface area (Å²) in [6, 6.07) is 14.1. The average molecular weight is 526 g/mol. The third-order valence-corrected chi connectivity index (χ3v) is 5.13. The third kappa shape index (κ3) is 5.62. The molecular weight excluding hydrogens is 495 g/mol. The minimum absolute atomic E-state index is 0. The Morgan fingerprint density at radius 2 is 1.70 bits per heavy atom. The third-order valence-electron chi connectivity index (χ3n) is 5.13. The highest BCUT2D eigenvalue weighted by Gasteiger charge is 2.20. The van der Waals surface area contributed by atoms with Crippen LogP contribution in [0.2, 0.25) is 0 Å². The highest BCUT2D eigenvalue weighted by molar-refractivity contribution is 14.0. The van der Waals surface area contributed by atoms with Crippen molar-refractivity contribution in [3.63, 3.8) is 0 Å². The van der Waals surface area contributed by atoms with Crippen LogP contribution in [0.5, 0.6) is 17.2 Å². The van der Waals surface area contributed by atoms with Crippen LogP contribution in [-0.4, -0.2) is 65.4 Å². The van der Waals surface area contributed by atoms with E-state index in [9.17, 15) is 0 Å². The lowest BCUT2D eigenvalue weighted by molar-refractivity contribution is 0.350. The van der Waals surface area contributed by atoms with Gasteiger partial charge in [-0.25, -0.2) is 0 Å². The summed E-state index contributed by atoms with van der Waals surface area (Å²) in [6.45, 7) is 4.26. The van der Waals surface area contributed by atoms with E-state index in [1.807, 2.05) is 37.4 Å². The monoisotopic (exact) mass is 526 g/mol. The van der Waals surface area contributed by atoms with Gasteiger partial charge in [-0.2, -0.15) is 0 Å². The van der Waals surface area contributed by atoms with Gasteiger partial charge >= 0.3 is 0 Å². The molecule has 2 aromatic rings. The Balaban J connectivity index is 0.00000320. The predicted octanol–water partition coefficient (Wildman–Crippen LogP) is 3.23. The molecule has 8 heteroatoms. The van der Waals surface area contributed by atoms with Crippen molar-refractivity contribution >= 4 is 35.6 Å². The van der Waals surface area contributed by atoms with E-state index in [0.717, 1.165) is 55.0 Å². The maximum absolute atomic E-state index is 5.53. The summed E-state index contributed by atoms with van der Waals surface area (Å²) in [6.07, 6.45) is 0. The number of piperazine rings is 1. The van der Waals surface area contributed by atoms with Crippen LogP contribution in [0.4, 0.5) is 5.69 Å². The number of nitrogens with one attached hydrogen (secondary N) is 1. The van der Waals surface area contributed by atoms with Gasteiger partial charge in [0.15, 0.2) is 17.5 Å². The molecule has 164 valence electrons. The first-order chi connectivity index (χ1) is 14.2. The number of rotatable bonds is 6. The number of guanidine groups is 1. The molecule has 30 heavy (non-hydrogen) atoms. The molecular formula is C22H31IN4O3. The van der Waals surface area contributed by atoms with Crippen molar-refractivity contribution in [2.45, 2.75) is 6.54 Å². The van der Waals surface area contributed by atoms with E-state index < -0.39 is 0 Å². The molecule has 3 rings (SSSR count). The van der Waals surface area contributed by atoms with Crippen LogP contribution in [0.1, 0.15) is 5.56 Å². The first-order valence-corrected chi connectivity index (χ1v) is 9.74. The van der Waals surface area contributed by atoms with Gasteiger partial charge in [0.05, 0.1) is 21.3 Å². The molecule has 0 bridgehead atoms. The minimum Gasteiger partial charge on any atom is -0.497 e. The highest BCUT2D eigenvalue weighted by atomic mass is 127. The maximum Gasteiger partial charge on any atom is 0.194 e. The van der Waals surface area contributed by atoms with Crippen molar-refractivity contribution in [3.05, 3.63) is 48.0 Å². The Bertz CT molecular complexity index is 839. The Kier molecular flexibility index (Phi) is 9.35. The lowest BCUT2D eigenvalue weighted by Crippen LogP contribution is -2.52. The van der Waals surface area contributed by atoms with Crippen molar-refractivity contribution < 1.29 is 14.2 Å². The van der Waals surface area contributed by atoms with Crippen LogP contribution in [0.25, 0.3) is 0 Å². The van der Waals surface area contributed by atoms with Gasteiger partial charge in [-0.1, -0.05) is 18.2 Å². The summed E-state index contributed by atoms with van der Waals surface area (Å²) >= 11 is 0. The Hall–Kier alpha value is -2.36. The van der Waals surface area contributed by atoms with Gasteiger partial charge in [0, 0.05) is 57.1 Å². The molecule has 1 aliphatic rings. The zero-order valence-electron chi connectivity index (χ0n) is 18.1. The SMILES string of the molecule is CN=C(NCc1cccc(OC)c1OC)N1CCN(c2cccc(OC)c2)CC1.I. The van der Waals surface area contributed by atoms with E-state index in [0.29, 0.717) is 6.54 Å². The smallest absolute Gasteiger partial charge is 0.194 e. The van der Waals surface area contributed by atoms with E-state index in [1.54, 1.807) is 21.3 Å². The van der Waals surface area contributed by atoms with Crippen molar-refractivity contribution in [2.75, 3.05) is 59.5 Å². The topological polar surface area (TPSA) is 58.6 Å². The fourth-order valence-electron chi connectivity index (χ4n) is 3.58. The molecule has 1 fully saturated rings. The Morgan fingerprint density at radius 1 is 0.967 bits per heavy atom. The van der Waals surface area contributed by atoms with Gasteiger partial charge < -0.3 is 29.3 Å². The number of halogens is 1. The fourth-order valence-corrected chi connectivity index (χ4v) is 3.58. The molecule has 0 aliphatic carbocycles. The summed E-state index contributed by atoms with van der Waals surface area (Å²) in [4.78, 5) is 9.12. The molecule has 1 saturated heterocycles. The quantitative estimate of drug-likeness (QED) is 0.355. The van der Waals surface area contributed by atoms with Gasteiger partial charge in [-0.05, 0) is 18.2 Å². The van der Waals surface area contributed by atoms with E-state index >= 15 is 0 Å². The zero-order chi connectivity index (χ0) is 20.6. The molecule has 0 aromatic heterocycles. The van der Waals surface area contributed by atoms with Crippen molar-refractivity contribution in [1.82, 2.24) is 10.2 Å². The van der Waals surface area contributed by atoms with Crippen molar-refractivity contribution in [2.24, 2.45) is 4.99 Å². The van der Waals surface area contributed by atoms with Gasteiger partial charge in [-0.15, -0.1) is 24.0 Å². The molecule has 0 radical (unpaired) electrons. The largest absolute Gasteiger partial charge is 0.497 e. The molecule has 0 atom stereocenters. The molecule has 0 spiro atoms. The average Bonchev–Trinajstić information content (AvgIpc) is 2.79. The first-order valence-electron chi connectivity index (χ1n) is 9.74. The number of anilines is 1. The standard InChI is InChI=1S/C22H30N4O3.HI/c1-23-22(24-16-17-7-5-10-20(28-3)21(17)29-4)26-13-11-25(12-14-26)18-8-6-9-19(15-18)27-2;/h5-10,15H,11-14,16H2,1-4H3,(H,23,24);1H. The predicted molar refractivity (Wildman–Crippen MR) is 132 cm³/mol. The molecule has 7 nitrogen and oxygen atoms in total. The summed E-state index contributed by atoms with van der Waals surface area (Å²) in [5.41, 5.74) is 2.22. The molecule has 0 amide bonds. The van der Waals surface area contributed by atoms with Crippen molar-refractivity contribution in [1.29, 1.82) is 0 Å². The molecule has 0 saturated carbocycles. The lowest BCUT2D eigenvalue weighted by atomic mass is 10.2. The second-order valence-corrected chi connectivity index (χ2v) is 6.73. The Morgan fingerprint density at radius 3 is 2.33 bits per heavy atom. The van der Waals surface area contributed by atoms with Crippen molar-refractivity contribution in [3.8, 4) is 17.2 Å². The number of para-hydroxylation sites is 1. The minimum atomic E-state index is 0. The molecule has 1 N–H and O–H groups in total. The van der Waals surface area contributed by atoms with Crippen LogP contribution in [0, 0.1) is 0 Å². The van der Waals surface area contributed by atoms with Gasteiger partial charge in [-0.3, -0.25) is 4.99 Å². The zero-order valence-corrected chi connectivity index (χ0v) is 20.4. The Labute approximate surface area is 196 Å². The fraction of sp³-hybridized carbons (Fsp3) is 0.409. The number of nitrogens with zero attached hydrogens (tertiary/aromatic N) is 3. The van der Waals surface area contributed by atoms with Crippen LogP contribution < -0.4 is 24.4 Å². The molecule has 1 heterocycles. The second kappa shape index (κ2) is 11.7. The van der Waals surface area contributed by atoms with Gasteiger partial charge in [0.1, 0.15) is 5.75 Å². The first kappa shape index (κ1) is 23.9. The number of benzene rings is 2. The number of methoxy groups -OCH3 is 3. The maximum atomic E-state index is 5.53. The summed E-state index contributed by atoms with van der Waals surface area (Å²) in [5, 5.41) is 3.46. The van der Waals surface area contributed by atoms with Gasteiger partial charge in [0.2, 0.25) is 0 Å². The normalized spacial score (nSPS) is 14.1. The number of ether oxygens (including phenoxy) is 3.